The van der Waals surface area contributed by atoms with Gasteiger partial charge >= 0.3 is 0 Å². The first kappa shape index (κ1) is 14.2. The highest BCUT2D eigenvalue weighted by Crippen LogP contribution is 2.30. The van der Waals surface area contributed by atoms with Crippen LogP contribution >= 0.6 is 0 Å². The largest absolute Gasteiger partial charge is 0.398 e. The van der Waals surface area contributed by atoms with Crippen molar-refractivity contribution in [2.75, 3.05) is 5.73 Å². The molecule has 20 heavy (non-hydrogen) atoms. The van der Waals surface area contributed by atoms with Crippen LogP contribution in [0.2, 0.25) is 0 Å². The maximum Gasteiger partial charge on any atom is 0.270 e. The van der Waals surface area contributed by atoms with E-state index in [4.69, 9.17) is 11.5 Å². The van der Waals surface area contributed by atoms with E-state index in [0.29, 0.717) is 17.7 Å². The highest BCUT2D eigenvalue weighted by Gasteiger charge is 2.46. The van der Waals surface area contributed by atoms with Crippen LogP contribution in [-0.2, 0) is 4.79 Å². The number of nitrogen functional groups attached to an aromatic ring is 1. The Labute approximate surface area is 116 Å². The number of nitrogens with zero attached hydrogens (tertiary/aromatic N) is 1. The fourth-order valence-electron chi connectivity index (χ4n) is 2.27. The Morgan fingerprint density at radius 1 is 1.20 bits per heavy atom. The van der Waals surface area contributed by atoms with Gasteiger partial charge in [0.2, 0.25) is 0 Å². The molecule has 4 N–H and O–H groups in total. The van der Waals surface area contributed by atoms with E-state index in [1.807, 2.05) is 0 Å². The van der Waals surface area contributed by atoms with Crippen LogP contribution in [0.15, 0.2) is 18.2 Å². The van der Waals surface area contributed by atoms with Gasteiger partial charge in [0.1, 0.15) is 0 Å². The summed E-state index contributed by atoms with van der Waals surface area (Å²) in [5.41, 5.74) is 10.9. The molecule has 2 rings (SSSR count). The third kappa shape index (κ3) is 1.80. The first-order chi connectivity index (χ1) is 9.37. The fourth-order valence-corrected chi connectivity index (χ4v) is 2.27. The van der Waals surface area contributed by atoms with Crippen LogP contribution in [-0.4, -0.2) is 28.2 Å². The Morgan fingerprint density at radius 2 is 1.80 bits per heavy atom. The number of carbonyl (C=O) groups is 3. The van der Waals surface area contributed by atoms with Gasteiger partial charge in [-0.15, -0.1) is 0 Å². The summed E-state index contributed by atoms with van der Waals surface area (Å²) in [6.45, 7) is 3.49. The van der Waals surface area contributed by atoms with E-state index in [-0.39, 0.29) is 16.8 Å². The molecule has 0 bridgehead atoms. The van der Waals surface area contributed by atoms with Gasteiger partial charge < -0.3 is 11.5 Å². The number of hydrogen-bond acceptors (Lipinski definition) is 5. The second-order valence-electron chi connectivity index (χ2n) is 4.88. The molecule has 1 aromatic carbocycles. The Hall–Kier alpha value is -2.21. The summed E-state index contributed by atoms with van der Waals surface area (Å²) in [5.74, 6) is -2.02. The van der Waals surface area contributed by atoms with Crippen LogP contribution in [0.25, 0.3) is 0 Å². The molecule has 1 aliphatic heterocycles. The van der Waals surface area contributed by atoms with Gasteiger partial charge in [-0.2, -0.15) is 0 Å². The molecule has 0 spiro atoms. The van der Waals surface area contributed by atoms with E-state index < -0.39 is 23.3 Å². The number of benzene rings is 1. The lowest BCUT2D eigenvalue weighted by Gasteiger charge is -2.28. The molecular weight excluding hydrogens is 258 g/mol. The monoisotopic (exact) mass is 275 g/mol. The molecule has 1 aromatic rings. The van der Waals surface area contributed by atoms with E-state index >= 15 is 0 Å². The molecule has 1 aliphatic rings. The van der Waals surface area contributed by atoms with Crippen LogP contribution in [0.1, 0.15) is 47.4 Å². The van der Waals surface area contributed by atoms with Gasteiger partial charge in [-0.3, -0.25) is 14.4 Å². The number of nitrogens with two attached hydrogens (primary N) is 2. The molecule has 6 heteroatoms. The minimum atomic E-state index is -1.22. The number of anilines is 1. The van der Waals surface area contributed by atoms with Crippen molar-refractivity contribution >= 4 is 23.4 Å². The zero-order chi connectivity index (χ0) is 15.1. The van der Waals surface area contributed by atoms with Gasteiger partial charge in [-0.05, 0) is 25.0 Å². The average molecular weight is 275 g/mol. The zero-order valence-electron chi connectivity index (χ0n) is 11.5. The third-order valence-electron chi connectivity index (χ3n) is 3.84. The van der Waals surface area contributed by atoms with Crippen molar-refractivity contribution in [3.63, 3.8) is 0 Å². The van der Waals surface area contributed by atoms with Crippen LogP contribution in [0, 0.1) is 0 Å². The molecular formula is C14H17N3O3. The van der Waals surface area contributed by atoms with E-state index in [1.165, 1.54) is 12.1 Å². The number of amides is 3. The Kier molecular flexibility index (Phi) is 3.35. The van der Waals surface area contributed by atoms with E-state index in [0.717, 1.165) is 0 Å². The molecule has 0 fully saturated rings. The predicted molar refractivity (Wildman–Crippen MR) is 73.9 cm³/mol. The average Bonchev–Trinajstić information content (AvgIpc) is 2.70. The lowest BCUT2D eigenvalue weighted by molar-refractivity contribution is -0.132. The minimum absolute atomic E-state index is 0.0837. The molecule has 106 valence electrons. The SMILES string of the molecule is CCC(N)(CC)C(=O)N1C(=O)c2cccc(N)c2C1=O. The molecule has 3 amide bonds. The maximum absolute atomic E-state index is 12.4. The normalized spacial score (nSPS) is 14.7. The summed E-state index contributed by atoms with van der Waals surface area (Å²) in [6, 6.07) is 4.57. The molecule has 0 radical (unpaired) electrons. The van der Waals surface area contributed by atoms with Gasteiger partial charge in [0.05, 0.1) is 16.7 Å². The topological polar surface area (TPSA) is 106 Å². The van der Waals surface area contributed by atoms with Crippen molar-refractivity contribution in [1.82, 2.24) is 4.90 Å². The number of fused-ring (bicyclic) bond motifs is 1. The first-order valence-electron chi connectivity index (χ1n) is 6.48. The number of imide groups is 3. The number of rotatable bonds is 3. The van der Waals surface area contributed by atoms with Crippen LogP contribution in [0.4, 0.5) is 5.69 Å². The highest BCUT2D eigenvalue weighted by atomic mass is 16.2. The van der Waals surface area contributed by atoms with Gasteiger partial charge in [-0.25, -0.2) is 4.90 Å². The quantitative estimate of drug-likeness (QED) is 0.630. The van der Waals surface area contributed by atoms with Crippen molar-refractivity contribution in [1.29, 1.82) is 0 Å². The van der Waals surface area contributed by atoms with Crippen molar-refractivity contribution in [2.45, 2.75) is 32.2 Å². The van der Waals surface area contributed by atoms with Gasteiger partial charge in [0, 0.05) is 5.69 Å². The van der Waals surface area contributed by atoms with Gasteiger partial charge in [-0.1, -0.05) is 19.9 Å². The van der Waals surface area contributed by atoms with Gasteiger partial charge in [0.25, 0.3) is 17.7 Å². The third-order valence-corrected chi connectivity index (χ3v) is 3.84. The van der Waals surface area contributed by atoms with Crippen LogP contribution in [0.3, 0.4) is 0 Å². The lowest BCUT2D eigenvalue weighted by atomic mass is 9.92. The first-order valence-corrected chi connectivity index (χ1v) is 6.48. The van der Waals surface area contributed by atoms with Crippen LogP contribution < -0.4 is 11.5 Å². The van der Waals surface area contributed by atoms with E-state index in [1.54, 1.807) is 19.9 Å². The molecule has 0 saturated heterocycles. The predicted octanol–water partition coefficient (Wildman–Crippen LogP) is 0.909. The molecule has 6 nitrogen and oxygen atoms in total. The molecule has 0 saturated carbocycles. The Morgan fingerprint density at radius 3 is 2.30 bits per heavy atom. The summed E-state index contributed by atoms with van der Waals surface area (Å²) < 4.78 is 0. The maximum atomic E-state index is 12.4. The van der Waals surface area contributed by atoms with Crippen molar-refractivity contribution in [2.24, 2.45) is 5.73 Å². The summed E-state index contributed by atoms with van der Waals surface area (Å²) >= 11 is 0. The van der Waals surface area contributed by atoms with E-state index in [9.17, 15) is 14.4 Å². The molecule has 0 aromatic heterocycles. The highest BCUT2D eigenvalue weighted by molar-refractivity contribution is 6.31. The molecule has 0 unspecified atom stereocenters. The number of carbonyl (C=O) groups excluding carboxylic acids is 3. The zero-order valence-corrected chi connectivity index (χ0v) is 11.5. The van der Waals surface area contributed by atoms with E-state index in [2.05, 4.69) is 0 Å². The number of hydrogen-bond donors (Lipinski definition) is 2. The second kappa shape index (κ2) is 4.72. The van der Waals surface area contributed by atoms with Crippen molar-refractivity contribution in [3.05, 3.63) is 29.3 Å². The smallest absolute Gasteiger partial charge is 0.270 e. The Bertz CT molecular complexity index is 606. The molecule has 0 atom stereocenters. The summed E-state index contributed by atoms with van der Waals surface area (Å²) in [7, 11) is 0. The van der Waals surface area contributed by atoms with Gasteiger partial charge in [0.15, 0.2) is 0 Å². The summed E-state index contributed by atoms with van der Waals surface area (Å²) in [6.07, 6.45) is 0.677. The standard InChI is InChI=1S/C14H17N3O3/c1-3-14(16,4-2)13(20)17-11(18)8-6-5-7-9(15)10(8)12(17)19/h5-7H,3-4,15-16H2,1-2H3. The lowest BCUT2D eigenvalue weighted by Crippen LogP contribution is -2.56. The van der Waals surface area contributed by atoms with Crippen molar-refractivity contribution < 1.29 is 14.4 Å². The minimum Gasteiger partial charge on any atom is -0.398 e. The summed E-state index contributed by atoms with van der Waals surface area (Å²) in [4.78, 5) is 37.6. The Balaban J connectivity index is 2.48. The fraction of sp³-hybridized carbons (Fsp3) is 0.357. The second-order valence-corrected chi connectivity index (χ2v) is 4.88. The summed E-state index contributed by atoms with van der Waals surface area (Å²) in [5, 5.41) is 0. The molecule has 0 aliphatic carbocycles. The van der Waals surface area contributed by atoms with Crippen LogP contribution in [0.5, 0.6) is 0 Å². The molecule has 1 heterocycles. The van der Waals surface area contributed by atoms with Crippen molar-refractivity contribution in [3.8, 4) is 0 Å².